The average molecular weight is 547 g/mol. The molecule has 1 aliphatic heterocycles. The molecule has 190 valence electrons. The molecule has 3 amide bonds. The molecular formula is C27H29Cl2N3O3S. The van der Waals surface area contributed by atoms with Crippen LogP contribution in [0.15, 0.2) is 60.0 Å². The molecule has 3 aromatic rings. The van der Waals surface area contributed by atoms with E-state index in [0.29, 0.717) is 41.1 Å². The van der Waals surface area contributed by atoms with Crippen molar-refractivity contribution >= 4 is 52.2 Å². The van der Waals surface area contributed by atoms with E-state index in [2.05, 4.69) is 16.8 Å². The van der Waals surface area contributed by atoms with Crippen LogP contribution in [0.4, 0.5) is 10.5 Å². The van der Waals surface area contributed by atoms with E-state index in [1.807, 2.05) is 30.9 Å². The molecule has 0 saturated heterocycles. The predicted octanol–water partition coefficient (Wildman–Crippen LogP) is 6.89. The number of halogens is 2. The van der Waals surface area contributed by atoms with Gasteiger partial charge < -0.3 is 19.9 Å². The molecule has 2 atom stereocenters. The van der Waals surface area contributed by atoms with E-state index in [1.165, 1.54) is 4.88 Å². The van der Waals surface area contributed by atoms with Crippen LogP contribution in [0.3, 0.4) is 0 Å². The van der Waals surface area contributed by atoms with Gasteiger partial charge in [-0.05, 0) is 79.2 Å². The van der Waals surface area contributed by atoms with Gasteiger partial charge in [0.1, 0.15) is 18.9 Å². The number of hydrogen-bond donors (Lipinski definition) is 1. The lowest BCUT2D eigenvalue weighted by molar-refractivity contribution is -0.135. The fourth-order valence-corrected chi connectivity index (χ4v) is 5.47. The van der Waals surface area contributed by atoms with Crippen LogP contribution in [-0.2, 0) is 11.2 Å². The van der Waals surface area contributed by atoms with Gasteiger partial charge in [0.25, 0.3) is 0 Å². The molecule has 6 nitrogen and oxygen atoms in total. The van der Waals surface area contributed by atoms with Gasteiger partial charge >= 0.3 is 6.03 Å². The number of carbonyl (C=O) groups is 2. The third-order valence-corrected chi connectivity index (χ3v) is 7.89. The second-order valence-corrected chi connectivity index (χ2v) is 10.6. The van der Waals surface area contributed by atoms with E-state index in [1.54, 1.807) is 52.6 Å². The summed E-state index contributed by atoms with van der Waals surface area (Å²) in [6.07, 6.45) is 1.50. The van der Waals surface area contributed by atoms with Crippen molar-refractivity contribution in [3.63, 3.8) is 0 Å². The predicted molar refractivity (Wildman–Crippen MR) is 146 cm³/mol. The zero-order valence-electron chi connectivity index (χ0n) is 20.2. The first kappa shape index (κ1) is 26.3. The minimum absolute atomic E-state index is 0.0294. The molecule has 0 radical (unpaired) electrons. The molecule has 2 heterocycles. The quantitative estimate of drug-likeness (QED) is 0.335. The number of fused-ring (bicyclic) bond motifs is 1. The van der Waals surface area contributed by atoms with Gasteiger partial charge in [0.2, 0.25) is 5.91 Å². The molecule has 2 aromatic carbocycles. The lowest BCUT2D eigenvalue weighted by atomic mass is 10.00. The highest BCUT2D eigenvalue weighted by atomic mass is 35.5. The zero-order chi connectivity index (χ0) is 25.7. The van der Waals surface area contributed by atoms with Crippen LogP contribution in [-0.4, -0.2) is 47.5 Å². The van der Waals surface area contributed by atoms with Crippen molar-refractivity contribution in [2.45, 2.75) is 38.8 Å². The summed E-state index contributed by atoms with van der Waals surface area (Å²) in [7, 11) is 0. The molecule has 1 aromatic heterocycles. The Labute approximate surface area is 225 Å². The fraction of sp³-hybridized carbons (Fsp3) is 0.333. The molecule has 4 rings (SSSR count). The van der Waals surface area contributed by atoms with Crippen LogP contribution in [0, 0.1) is 0 Å². The molecular weight excluding hydrogens is 517 g/mol. The molecule has 0 aliphatic carbocycles. The number of nitrogens with one attached hydrogen (secondary N) is 1. The van der Waals surface area contributed by atoms with E-state index in [4.69, 9.17) is 27.9 Å². The van der Waals surface area contributed by atoms with Crippen molar-refractivity contribution < 1.29 is 14.3 Å². The maximum atomic E-state index is 13.7. The molecule has 9 heteroatoms. The maximum Gasteiger partial charge on any atom is 0.322 e. The minimum Gasteiger partial charge on any atom is -0.491 e. The Bertz CT molecular complexity index is 1200. The highest BCUT2D eigenvalue weighted by Gasteiger charge is 2.34. The monoisotopic (exact) mass is 545 g/mol. The number of carbonyl (C=O) groups excluding carboxylic acids is 2. The summed E-state index contributed by atoms with van der Waals surface area (Å²) in [5.41, 5.74) is 1.69. The van der Waals surface area contributed by atoms with Crippen LogP contribution in [0.5, 0.6) is 5.75 Å². The van der Waals surface area contributed by atoms with Crippen LogP contribution in [0.1, 0.15) is 36.8 Å². The van der Waals surface area contributed by atoms with Crippen molar-refractivity contribution in [3.8, 4) is 5.75 Å². The number of amides is 3. The van der Waals surface area contributed by atoms with Gasteiger partial charge in [-0.2, -0.15) is 0 Å². The molecule has 0 fully saturated rings. The first-order valence-corrected chi connectivity index (χ1v) is 13.6. The van der Waals surface area contributed by atoms with Gasteiger partial charge in [0.15, 0.2) is 0 Å². The van der Waals surface area contributed by atoms with Crippen molar-refractivity contribution in [3.05, 3.63) is 80.5 Å². The van der Waals surface area contributed by atoms with Crippen LogP contribution in [0.25, 0.3) is 0 Å². The van der Waals surface area contributed by atoms with Crippen molar-refractivity contribution in [1.29, 1.82) is 0 Å². The molecule has 36 heavy (non-hydrogen) atoms. The van der Waals surface area contributed by atoms with E-state index in [-0.39, 0.29) is 30.6 Å². The fourth-order valence-electron chi connectivity index (χ4n) is 4.23. The summed E-state index contributed by atoms with van der Waals surface area (Å²) in [5.74, 6) is 0.578. The number of nitrogens with zero attached hydrogens (tertiary/aromatic N) is 2. The van der Waals surface area contributed by atoms with Crippen LogP contribution >= 0.6 is 34.5 Å². The van der Waals surface area contributed by atoms with E-state index < -0.39 is 0 Å². The lowest BCUT2D eigenvalue weighted by Crippen LogP contribution is -2.50. The molecule has 0 bridgehead atoms. The Kier molecular flexibility index (Phi) is 8.77. The number of urea groups is 1. The highest BCUT2D eigenvalue weighted by molar-refractivity contribution is 7.10. The van der Waals surface area contributed by atoms with Crippen molar-refractivity contribution in [2.75, 3.05) is 25.0 Å². The summed E-state index contributed by atoms with van der Waals surface area (Å²) < 4.78 is 6.07. The first-order valence-electron chi connectivity index (χ1n) is 11.9. The van der Waals surface area contributed by atoms with Crippen LogP contribution in [0.2, 0.25) is 10.0 Å². The Hall–Kier alpha value is -2.74. The van der Waals surface area contributed by atoms with Gasteiger partial charge in [-0.1, -0.05) is 36.2 Å². The largest absolute Gasteiger partial charge is 0.491 e. The summed E-state index contributed by atoms with van der Waals surface area (Å²) in [4.78, 5) is 31.5. The normalized spacial score (nSPS) is 15.7. The highest BCUT2D eigenvalue weighted by Crippen LogP contribution is 2.34. The number of rotatable bonds is 8. The van der Waals surface area contributed by atoms with E-state index >= 15 is 0 Å². The van der Waals surface area contributed by atoms with E-state index in [0.717, 1.165) is 12.0 Å². The summed E-state index contributed by atoms with van der Waals surface area (Å²) in [6.45, 7) is 4.80. The number of hydrogen-bond acceptors (Lipinski definition) is 4. The standard InChI is InChI=1S/C27H29Cl2N3O3S/c1-3-18(2)32(27(34)30-21-6-4-5-20(29)15-21)16-26(33)31-13-11-25-23(12-14-36-25)24(31)17-35-22-9-7-19(28)8-10-22/h4-10,12,14-15,18,24H,3,11,13,16-17H2,1-2H3,(H,30,34)/t18-,24-/m0/s1. The Morgan fingerprint density at radius 3 is 2.67 bits per heavy atom. The van der Waals surface area contributed by atoms with Gasteiger partial charge in [0.05, 0.1) is 6.04 Å². The Morgan fingerprint density at radius 2 is 1.94 bits per heavy atom. The summed E-state index contributed by atoms with van der Waals surface area (Å²) in [6, 6.07) is 15.5. The number of thiophene rings is 1. The smallest absolute Gasteiger partial charge is 0.322 e. The second-order valence-electron chi connectivity index (χ2n) is 8.74. The van der Waals surface area contributed by atoms with Crippen molar-refractivity contribution in [2.24, 2.45) is 0 Å². The topological polar surface area (TPSA) is 61.9 Å². The van der Waals surface area contributed by atoms with Gasteiger partial charge in [-0.25, -0.2) is 4.79 Å². The lowest BCUT2D eigenvalue weighted by Gasteiger charge is -2.38. The summed E-state index contributed by atoms with van der Waals surface area (Å²) in [5, 5.41) is 6.10. The summed E-state index contributed by atoms with van der Waals surface area (Å²) >= 11 is 13.8. The van der Waals surface area contributed by atoms with E-state index in [9.17, 15) is 9.59 Å². The molecule has 0 spiro atoms. The third kappa shape index (κ3) is 6.33. The first-order chi connectivity index (χ1) is 17.4. The van der Waals surface area contributed by atoms with Gasteiger partial charge in [0, 0.05) is 33.2 Å². The number of ether oxygens (including phenoxy) is 1. The maximum absolute atomic E-state index is 13.7. The Morgan fingerprint density at radius 1 is 1.17 bits per heavy atom. The minimum atomic E-state index is -0.331. The van der Waals surface area contributed by atoms with Crippen LogP contribution < -0.4 is 10.1 Å². The van der Waals surface area contributed by atoms with Crippen molar-refractivity contribution in [1.82, 2.24) is 9.80 Å². The molecule has 1 aliphatic rings. The number of anilines is 1. The van der Waals surface area contributed by atoms with Gasteiger partial charge in [-0.15, -0.1) is 11.3 Å². The average Bonchev–Trinajstić information content (AvgIpc) is 3.35. The molecule has 0 unspecified atom stereocenters. The van der Waals surface area contributed by atoms with Gasteiger partial charge in [-0.3, -0.25) is 4.79 Å². The second kappa shape index (κ2) is 12.0. The zero-order valence-corrected chi connectivity index (χ0v) is 22.6. The number of benzene rings is 2. The molecule has 0 saturated carbocycles. The Balaban J connectivity index is 1.50. The molecule has 1 N–H and O–H groups in total. The SMILES string of the molecule is CC[C@H](C)N(CC(=O)N1CCc2sccc2[C@@H]1COc1ccc(Cl)cc1)C(=O)Nc1cccc(Cl)c1. The third-order valence-electron chi connectivity index (χ3n) is 6.40.